The molecule has 0 aliphatic rings. The molecule has 1 amide bonds. The van der Waals surface area contributed by atoms with E-state index in [-0.39, 0.29) is 36.4 Å². The fourth-order valence-corrected chi connectivity index (χ4v) is 3.07. The SMILES string of the molecule is CCNC(=NCC(=O)NCc1ccco1)NCCCn1c(C)nc2ccccc21.I. The molecule has 0 radical (unpaired) electrons. The lowest BCUT2D eigenvalue weighted by atomic mass is 10.3. The van der Waals surface area contributed by atoms with Crippen molar-refractivity contribution >= 4 is 46.9 Å². The maximum absolute atomic E-state index is 12.0. The van der Waals surface area contributed by atoms with Crippen LogP contribution >= 0.6 is 24.0 Å². The van der Waals surface area contributed by atoms with E-state index in [4.69, 9.17) is 4.42 Å². The molecular weight excluding hydrogens is 495 g/mol. The average Bonchev–Trinajstić information content (AvgIpc) is 3.35. The molecule has 3 aromatic rings. The molecule has 0 spiro atoms. The van der Waals surface area contributed by atoms with Crippen molar-refractivity contribution in [1.82, 2.24) is 25.5 Å². The smallest absolute Gasteiger partial charge is 0.242 e. The van der Waals surface area contributed by atoms with Crippen LogP contribution in [0.25, 0.3) is 11.0 Å². The lowest BCUT2D eigenvalue weighted by molar-refractivity contribution is -0.119. The molecule has 8 nitrogen and oxygen atoms in total. The highest BCUT2D eigenvalue weighted by atomic mass is 127. The Morgan fingerprint density at radius 2 is 2.00 bits per heavy atom. The number of hydrogen-bond donors (Lipinski definition) is 3. The first-order valence-corrected chi connectivity index (χ1v) is 9.90. The molecule has 0 bridgehead atoms. The van der Waals surface area contributed by atoms with E-state index in [0.717, 1.165) is 48.7 Å². The number of aromatic nitrogens is 2. The van der Waals surface area contributed by atoms with E-state index >= 15 is 0 Å². The van der Waals surface area contributed by atoms with E-state index in [2.05, 4.69) is 36.6 Å². The summed E-state index contributed by atoms with van der Waals surface area (Å²) in [6.07, 6.45) is 2.50. The fourth-order valence-electron chi connectivity index (χ4n) is 3.07. The summed E-state index contributed by atoms with van der Waals surface area (Å²) >= 11 is 0. The number of halogens is 1. The summed E-state index contributed by atoms with van der Waals surface area (Å²) in [6.45, 7) is 6.78. The number of carbonyl (C=O) groups excluding carboxylic acids is 1. The Morgan fingerprint density at radius 1 is 1.17 bits per heavy atom. The van der Waals surface area contributed by atoms with Crippen LogP contribution in [-0.2, 0) is 17.9 Å². The molecule has 3 N–H and O–H groups in total. The van der Waals surface area contributed by atoms with Gasteiger partial charge in [0.15, 0.2) is 5.96 Å². The second kappa shape index (κ2) is 12.2. The Kier molecular flexibility index (Phi) is 9.65. The summed E-state index contributed by atoms with van der Waals surface area (Å²) in [5.74, 6) is 2.21. The number of imidazole rings is 1. The fraction of sp³-hybridized carbons (Fsp3) is 0.381. The summed E-state index contributed by atoms with van der Waals surface area (Å²) in [5.41, 5.74) is 2.17. The number of guanidine groups is 1. The van der Waals surface area contributed by atoms with Gasteiger partial charge in [-0.25, -0.2) is 9.98 Å². The number of nitrogens with one attached hydrogen (secondary N) is 3. The van der Waals surface area contributed by atoms with Crippen molar-refractivity contribution in [3.05, 3.63) is 54.2 Å². The number of rotatable bonds is 9. The van der Waals surface area contributed by atoms with Gasteiger partial charge >= 0.3 is 0 Å². The molecule has 0 atom stereocenters. The third kappa shape index (κ3) is 6.75. The molecular formula is C21H29IN6O2. The molecule has 0 aliphatic heterocycles. The van der Waals surface area contributed by atoms with Crippen LogP contribution in [0.1, 0.15) is 24.9 Å². The summed E-state index contributed by atoms with van der Waals surface area (Å²) < 4.78 is 7.42. The van der Waals surface area contributed by atoms with Crippen molar-refractivity contribution in [3.8, 4) is 0 Å². The van der Waals surface area contributed by atoms with Gasteiger partial charge in [0, 0.05) is 19.6 Å². The summed E-state index contributed by atoms with van der Waals surface area (Å²) in [6, 6.07) is 11.8. The third-order valence-corrected chi connectivity index (χ3v) is 4.46. The Labute approximate surface area is 193 Å². The minimum absolute atomic E-state index is 0. The number of aliphatic imine (C=N–C) groups is 1. The molecule has 30 heavy (non-hydrogen) atoms. The zero-order chi connectivity index (χ0) is 20.5. The number of nitrogens with zero attached hydrogens (tertiary/aromatic N) is 3. The van der Waals surface area contributed by atoms with Crippen LogP contribution in [0.4, 0.5) is 0 Å². The first kappa shape index (κ1) is 23.7. The quantitative estimate of drug-likeness (QED) is 0.173. The molecule has 0 unspecified atom stereocenters. The first-order chi connectivity index (χ1) is 14.2. The van der Waals surface area contributed by atoms with Crippen LogP contribution in [-0.4, -0.2) is 41.1 Å². The monoisotopic (exact) mass is 524 g/mol. The normalized spacial score (nSPS) is 11.2. The van der Waals surface area contributed by atoms with Gasteiger partial charge < -0.3 is 24.9 Å². The maximum Gasteiger partial charge on any atom is 0.242 e. The maximum atomic E-state index is 12.0. The Bertz CT molecular complexity index is 952. The van der Waals surface area contributed by atoms with Gasteiger partial charge in [-0.15, -0.1) is 24.0 Å². The predicted octanol–water partition coefficient (Wildman–Crippen LogP) is 2.82. The van der Waals surface area contributed by atoms with Gasteiger partial charge in [-0.2, -0.15) is 0 Å². The lowest BCUT2D eigenvalue weighted by Crippen LogP contribution is -2.39. The molecule has 1 aromatic carbocycles. The summed E-state index contributed by atoms with van der Waals surface area (Å²) in [5, 5.41) is 9.23. The first-order valence-electron chi connectivity index (χ1n) is 9.90. The van der Waals surface area contributed by atoms with Crippen molar-refractivity contribution in [2.75, 3.05) is 19.6 Å². The standard InChI is InChI=1S/C21H28N6O2.HI/c1-3-22-21(25-15-20(28)24-14-17-8-6-13-29-17)23-11-7-12-27-16(2)26-18-9-4-5-10-19(18)27;/h4-6,8-10,13H,3,7,11-12,14-15H2,1-2H3,(H,24,28)(H2,22,23,25);1H. The highest BCUT2D eigenvalue weighted by Gasteiger charge is 2.07. The van der Waals surface area contributed by atoms with Gasteiger partial charge in [-0.3, -0.25) is 4.79 Å². The number of fused-ring (bicyclic) bond motifs is 1. The summed E-state index contributed by atoms with van der Waals surface area (Å²) in [4.78, 5) is 20.9. The van der Waals surface area contributed by atoms with Gasteiger partial charge in [-0.05, 0) is 44.5 Å². The van der Waals surface area contributed by atoms with E-state index < -0.39 is 0 Å². The summed E-state index contributed by atoms with van der Waals surface area (Å²) in [7, 11) is 0. The van der Waals surface area contributed by atoms with Crippen molar-refractivity contribution in [2.45, 2.75) is 33.4 Å². The zero-order valence-electron chi connectivity index (χ0n) is 17.4. The zero-order valence-corrected chi connectivity index (χ0v) is 19.7. The third-order valence-electron chi connectivity index (χ3n) is 4.46. The topological polar surface area (TPSA) is 96.5 Å². The second-order valence-electron chi connectivity index (χ2n) is 6.63. The average molecular weight is 524 g/mol. The van der Waals surface area contributed by atoms with Crippen LogP contribution in [0.15, 0.2) is 52.1 Å². The van der Waals surface area contributed by atoms with Crippen LogP contribution in [0.5, 0.6) is 0 Å². The van der Waals surface area contributed by atoms with Crippen LogP contribution in [0.3, 0.4) is 0 Å². The van der Waals surface area contributed by atoms with E-state index in [0.29, 0.717) is 12.5 Å². The van der Waals surface area contributed by atoms with Crippen LogP contribution in [0, 0.1) is 6.92 Å². The lowest BCUT2D eigenvalue weighted by Gasteiger charge is -2.12. The number of hydrogen-bond acceptors (Lipinski definition) is 4. The Hall–Kier alpha value is -2.56. The number of aryl methyl sites for hydroxylation is 2. The van der Waals surface area contributed by atoms with Gasteiger partial charge in [-0.1, -0.05) is 12.1 Å². The van der Waals surface area contributed by atoms with Gasteiger partial charge in [0.05, 0.1) is 23.8 Å². The van der Waals surface area contributed by atoms with Gasteiger partial charge in [0.25, 0.3) is 0 Å². The van der Waals surface area contributed by atoms with E-state index in [1.807, 2.05) is 38.1 Å². The highest BCUT2D eigenvalue weighted by molar-refractivity contribution is 14.0. The highest BCUT2D eigenvalue weighted by Crippen LogP contribution is 2.15. The molecule has 0 aliphatic carbocycles. The number of para-hydroxylation sites is 2. The van der Waals surface area contributed by atoms with E-state index in [9.17, 15) is 4.79 Å². The van der Waals surface area contributed by atoms with Crippen molar-refractivity contribution in [2.24, 2.45) is 4.99 Å². The largest absolute Gasteiger partial charge is 0.467 e. The van der Waals surface area contributed by atoms with E-state index in [1.165, 1.54) is 0 Å². The van der Waals surface area contributed by atoms with Gasteiger partial charge in [0.2, 0.25) is 5.91 Å². The van der Waals surface area contributed by atoms with Crippen molar-refractivity contribution in [3.63, 3.8) is 0 Å². The number of benzene rings is 1. The molecule has 3 rings (SSSR count). The number of amides is 1. The molecule has 162 valence electrons. The second-order valence-corrected chi connectivity index (χ2v) is 6.63. The van der Waals surface area contributed by atoms with Crippen LogP contribution < -0.4 is 16.0 Å². The molecule has 2 heterocycles. The van der Waals surface area contributed by atoms with Crippen molar-refractivity contribution < 1.29 is 9.21 Å². The minimum Gasteiger partial charge on any atom is -0.467 e. The Balaban J connectivity index is 0.00000320. The predicted molar refractivity (Wildman–Crippen MR) is 129 cm³/mol. The van der Waals surface area contributed by atoms with Gasteiger partial charge in [0.1, 0.15) is 18.1 Å². The molecule has 9 heteroatoms. The van der Waals surface area contributed by atoms with Crippen molar-refractivity contribution in [1.29, 1.82) is 0 Å². The molecule has 0 saturated carbocycles. The number of carbonyl (C=O) groups is 1. The van der Waals surface area contributed by atoms with E-state index in [1.54, 1.807) is 12.3 Å². The minimum atomic E-state index is -0.154. The van der Waals surface area contributed by atoms with Crippen LogP contribution in [0.2, 0.25) is 0 Å². The Morgan fingerprint density at radius 3 is 2.77 bits per heavy atom. The number of furan rings is 1. The molecule has 0 fully saturated rings. The molecule has 2 aromatic heterocycles. The molecule has 0 saturated heterocycles.